The molecule has 1 N–H and O–H groups in total. The van der Waals surface area contributed by atoms with E-state index in [1.807, 2.05) is 0 Å². The number of rotatable bonds is 3. The van der Waals surface area contributed by atoms with Crippen LogP contribution in [0, 0.1) is 11.8 Å². The first kappa shape index (κ1) is 14.3. The second-order valence-electron chi connectivity index (χ2n) is 7.07. The van der Waals surface area contributed by atoms with Crippen LogP contribution in [0.15, 0.2) is 60.7 Å². The third-order valence-corrected chi connectivity index (χ3v) is 4.80. The van der Waals surface area contributed by atoms with E-state index in [2.05, 4.69) is 79.5 Å². The van der Waals surface area contributed by atoms with Gasteiger partial charge >= 0.3 is 0 Å². The molecule has 23 heavy (non-hydrogen) atoms. The molecule has 1 aliphatic rings. The lowest BCUT2D eigenvalue weighted by Crippen LogP contribution is -2.03. The average molecular weight is 301 g/mol. The first-order valence-electron chi connectivity index (χ1n) is 8.60. The van der Waals surface area contributed by atoms with Gasteiger partial charge in [0.1, 0.15) is 0 Å². The highest BCUT2D eigenvalue weighted by atomic mass is 14.7. The van der Waals surface area contributed by atoms with Gasteiger partial charge in [-0.1, -0.05) is 56.3 Å². The van der Waals surface area contributed by atoms with Crippen molar-refractivity contribution >= 4 is 27.4 Å². The highest BCUT2D eigenvalue weighted by Gasteiger charge is 2.12. The Morgan fingerprint density at radius 1 is 1.04 bits per heavy atom. The molecule has 1 atom stereocenters. The van der Waals surface area contributed by atoms with Gasteiger partial charge < -0.3 is 4.98 Å². The van der Waals surface area contributed by atoms with Crippen LogP contribution in [0.4, 0.5) is 0 Å². The molecule has 0 fully saturated rings. The van der Waals surface area contributed by atoms with Crippen molar-refractivity contribution in [1.82, 2.24) is 4.98 Å². The van der Waals surface area contributed by atoms with Crippen molar-refractivity contribution in [2.24, 2.45) is 11.8 Å². The van der Waals surface area contributed by atoms with Gasteiger partial charge in [0, 0.05) is 21.8 Å². The van der Waals surface area contributed by atoms with Crippen LogP contribution in [-0.4, -0.2) is 4.98 Å². The van der Waals surface area contributed by atoms with Gasteiger partial charge in [0.25, 0.3) is 0 Å². The monoisotopic (exact) mass is 301 g/mol. The Kier molecular flexibility index (Phi) is 3.57. The van der Waals surface area contributed by atoms with E-state index in [4.69, 9.17) is 0 Å². The van der Waals surface area contributed by atoms with E-state index in [1.54, 1.807) is 0 Å². The normalized spacial score (nSPS) is 18.0. The third-order valence-electron chi connectivity index (χ3n) is 4.80. The number of hydrogen-bond donors (Lipinski definition) is 1. The summed E-state index contributed by atoms with van der Waals surface area (Å²) in [5, 5.41) is 2.62. The zero-order chi connectivity index (χ0) is 15.8. The molecule has 116 valence electrons. The number of benzene rings is 2. The van der Waals surface area contributed by atoms with Gasteiger partial charge in [-0.15, -0.1) is 0 Å². The summed E-state index contributed by atoms with van der Waals surface area (Å²) < 4.78 is 0. The van der Waals surface area contributed by atoms with Gasteiger partial charge in [0.05, 0.1) is 0 Å². The Labute approximate surface area is 137 Å². The van der Waals surface area contributed by atoms with Crippen LogP contribution in [0.2, 0.25) is 0 Å². The van der Waals surface area contributed by atoms with Crippen molar-refractivity contribution in [2.45, 2.75) is 26.7 Å². The van der Waals surface area contributed by atoms with E-state index in [9.17, 15) is 0 Å². The van der Waals surface area contributed by atoms with Crippen LogP contribution in [-0.2, 0) is 0 Å². The summed E-state index contributed by atoms with van der Waals surface area (Å²) in [6.07, 6.45) is 9.56. The molecule has 0 unspecified atom stereocenters. The van der Waals surface area contributed by atoms with Crippen LogP contribution >= 0.6 is 0 Å². The Morgan fingerprint density at radius 2 is 1.87 bits per heavy atom. The minimum atomic E-state index is 0.704. The van der Waals surface area contributed by atoms with Gasteiger partial charge in [0.15, 0.2) is 0 Å². The van der Waals surface area contributed by atoms with E-state index in [-0.39, 0.29) is 0 Å². The predicted molar refractivity (Wildman–Crippen MR) is 100 cm³/mol. The van der Waals surface area contributed by atoms with Crippen LogP contribution < -0.4 is 0 Å². The largest absolute Gasteiger partial charge is 0.355 e. The van der Waals surface area contributed by atoms with Crippen LogP contribution in [0.3, 0.4) is 0 Å². The predicted octanol–water partition coefficient (Wildman–Crippen LogP) is 6.33. The molecule has 0 radical (unpaired) electrons. The average Bonchev–Trinajstić information content (AvgIpc) is 2.93. The van der Waals surface area contributed by atoms with E-state index in [0.717, 1.165) is 12.3 Å². The summed E-state index contributed by atoms with van der Waals surface area (Å²) in [7, 11) is 0. The fourth-order valence-electron chi connectivity index (χ4n) is 3.69. The van der Waals surface area contributed by atoms with Crippen molar-refractivity contribution in [3.05, 3.63) is 66.3 Å². The van der Waals surface area contributed by atoms with Gasteiger partial charge in [-0.2, -0.15) is 0 Å². The fraction of sp³-hybridized carbons (Fsp3) is 0.273. The first-order valence-corrected chi connectivity index (χ1v) is 8.60. The minimum absolute atomic E-state index is 0.704. The maximum atomic E-state index is 3.50. The molecule has 1 nitrogen and oxygen atoms in total. The number of aromatic nitrogens is 1. The highest BCUT2D eigenvalue weighted by molar-refractivity contribution is 6.08. The lowest BCUT2D eigenvalue weighted by Gasteiger charge is -2.18. The lowest BCUT2D eigenvalue weighted by atomic mass is 9.87. The van der Waals surface area contributed by atoms with Gasteiger partial charge in [-0.05, 0) is 54.0 Å². The molecule has 0 saturated heterocycles. The Balaban J connectivity index is 1.69. The highest BCUT2D eigenvalue weighted by Crippen LogP contribution is 2.31. The lowest BCUT2D eigenvalue weighted by molar-refractivity contribution is 0.477. The van der Waals surface area contributed by atoms with Crippen molar-refractivity contribution in [3.8, 4) is 0 Å². The number of para-hydroxylation sites is 1. The first-order chi connectivity index (χ1) is 11.2. The fourth-order valence-corrected chi connectivity index (χ4v) is 3.69. The second kappa shape index (κ2) is 5.73. The molecular weight excluding hydrogens is 278 g/mol. The van der Waals surface area contributed by atoms with Crippen molar-refractivity contribution in [1.29, 1.82) is 0 Å². The Morgan fingerprint density at radius 3 is 2.65 bits per heavy atom. The minimum Gasteiger partial charge on any atom is -0.355 e. The van der Waals surface area contributed by atoms with Gasteiger partial charge in [0.2, 0.25) is 0 Å². The Hall–Kier alpha value is -2.28. The molecule has 1 heterocycles. The number of H-pyrrole nitrogens is 1. The summed E-state index contributed by atoms with van der Waals surface area (Å²) in [5.74, 6) is 1.47. The quantitative estimate of drug-likeness (QED) is 0.582. The number of nitrogens with one attached hydrogen (secondary N) is 1. The molecule has 0 saturated carbocycles. The molecule has 0 aliphatic heterocycles. The summed E-state index contributed by atoms with van der Waals surface area (Å²) >= 11 is 0. The number of hydrogen-bond acceptors (Lipinski definition) is 0. The number of allylic oxidation sites excluding steroid dienone is 4. The van der Waals surface area contributed by atoms with E-state index in [0.29, 0.717) is 5.92 Å². The SMILES string of the molecule is CC(C)C[C@@H]1C=CC(c2ccc3[nH]c4ccccc4c3c2)=CC1. The van der Waals surface area contributed by atoms with Crippen molar-refractivity contribution in [2.75, 3.05) is 0 Å². The standard InChI is InChI=1S/C22H23N/c1-15(2)13-16-7-9-17(10-8-16)18-11-12-22-20(14-18)19-5-3-4-6-21(19)23-22/h3-7,9-12,14-16,23H,8,13H2,1-2H3/t16-/m1/s1. The molecular formula is C22H23N. The summed E-state index contributed by atoms with van der Waals surface area (Å²) in [6.45, 7) is 4.61. The third kappa shape index (κ3) is 2.72. The zero-order valence-electron chi connectivity index (χ0n) is 13.8. The van der Waals surface area contributed by atoms with E-state index < -0.39 is 0 Å². The molecule has 0 spiro atoms. The summed E-state index contributed by atoms with van der Waals surface area (Å²) in [4.78, 5) is 3.50. The molecule has 4 rings (SSSR count). The summed E-state index contributed by atoms with van der Waals surface area (Å²) in [5.41, 5.74) is 5.11. The topological polar surface area (TPSA) is 15.8 Å². The van der Waals surface area contributed by atoms with Gasteiger partial charge in [-0.3, -0.25) is 0 Å². The second-order valence-corrected chi connectivity index (χ2v) is 7.07. The molecule has 1 heteroatoms. The van der Waals surface area contributed by atoms with E-state index >= 15 is 0 Å². The molecule has 0 bridgehead atoms. The smallest absolute Gasteiger partial charge is 0.0465 e. The maximum Gasteiger partial charge on any atom is 0.0465 e. The molecule has 2 aromatic carbocycles. The van der Waals surface area contributed by atoms with Crippen LogP contribution in [0.5, 0.6) is 0 Å². The van der Waals surface area contributed by atoms with Crippen molar-refractivity contribution < 1.29 is 0 Å². The summed E-state index contributed by atoms with van der Waals surface area (Å²) in [6, 6.07) is 15.3. The molecule has 1 aliphatic carbocycles. The molecule has 0 amide bonds. The number of fused-ring (bicyclic) bond motifs is 3. The van der Waals surface area contributed by atoms with Crippen LogP contribution in [0.25, 0.3) is 27.4 Å². The molecule has 3 aromatic rings. The van der Waals surface area contributed by atoms with E-state index in [1.165, 1.54) is 39.4 Å². The maximum absolute atomic E-state index is 3.50. The molecule has 1 aromatic heterocycles. The zero-order valence-corrected chi connectivity index (χ0v) is 13.8. The van der Waals surface area contributed by atoms with Crippen molar-refractivity contribution in [3.63, 3.8) is 0 Å². The number of aromatic amines is 1. The Bertz CT molecular complexity index is 908. The van der Waals surface area contributed by atoms with Gasteiger partial charge in [-0.25, -0.2) is 0 Å². The van der Waals surface area contributed by atoms with Crippen LogP contribution in [0.1, 0.15) is 32.3 Å².